The van der Waals surface area contributed by atoms with Gasteiger partial charge in [-0.2, -0.15) is 0 Å². The maximum Gasteiger partial charge on any atom is 0.488 e. The number of ether oxygens (including phenoxy) is 6. The fourth-order valence-electron chi connectivity index (χ4n) is 13.8. The fraction of sp³-hybridized carbons (Fsp3) is 0.169. The number of hydrogen-bond donors (Lipinski definition) is 4. The molecule has 0 aromatic heterocycles. The van der Waals surface area contributed by atoms with E-state index in [4.69, 9.17) is 43.6 Å². The van der Waals surface area contributed by atoms with Crippen molar-refractivity contribution in [2.45, 2.75) is 54.8 Å². The molecule has 0 spiro atoms. The molecule has 17 rings (SSSR count). The molecule has 137 heavy (non-hydrogen) atoms. The van der Waals surface area contributed by atoms with Gasteiger partial charge in [0.1, 0.15) is 11.5 Å². The molecule has 12 nitrogen and oxygen atoms in total. The van der Waals surface area contributed by atoms with Crippen LogP contribution in [0.1, 0.15) is 73.4 Å². The van der Waals surface area contributed by atoms with E-state index in [-0.39, 0.29) is 56.0 Å². The summed E-state index contributed by atoms with van der Waals surface area (Å²) in [5.74, 6) is 1.61. The van der Waals surface area contributed by atoms with E-state index >= 15 is 0 Å². The van der Waals surface area contributed by atoms with Crippen LogP contribution in [-0.4, -0.2) is 106 Å². The predicted octanol–water partition coefficient (Wildman–Crippen LogP) is 20.5. The van der Waals surface area contributed by atoms with Gasteiger partial charge < -0.3 is 48.7 Å². The average Bonchev–Trinajstić information content (AvgIpc) is 0.850. The molecule has 0 amide bonds. The average molecular weight is 2050 g/mol. The second-order valence-corrected chi connectivity index (χ2v) is 42.7. The fourth-order valence-corrected chi connectivity index (χ4v) is 23.5. The molecule has 0 bridgehead atoms. The van der Waals surface area contributed by atoms with Gasteiger partial charge in [0.05, 0.1) is 80.3 Å². The maximum atomic E-state index is 11.4. The van der Waals surface area contributed by atoms with Crippen LogP contribution in [0.25, 0.3) is 11.1 Å². The van der Waals surface area contributed by atoms with Gasteiger partial charge in [-0.25, -0.2) is 0 Å². The number of aliphatic hydroxyl groups excluding tert-OH is 2. The van der Waals surface area contributed by atoms with Crippen molar-refractivity contribution >= 4 is 135 Å². The number of Topliss-reactive ketones (excluding diaryl/α,β-unsaturated/α-hetero) is 2. The maximum absolute atomic E-state index is 11.4. The first-order valence-electron chi connectivity index (χ1n) is 45.2. The van der Waals surface area contributed by atoms with E-state index in [2.05, 4.69) is 380 Å². The van der Waals surface area contributed by atoms with Gasteiger partial charge in [0, 0.05) is 58.0 Å². The molecule has 1 aliphatic heterocycles. The first kappa shape index (κ1) is 110. The molecule has 1 fully saturated rings. The van der Waals surface area contributed by atoms with Crippen LogP contribution in [0.3, 0.4) is 0 Å². The van der Waals surface area contributed by atoms with Crippen LogP contribution in [0.2, 0.25) is 0 Å². The second kappa shape index (κ2) is 60.7. The van der Waals surface area contributed by atoms with Crippen molar-refractivity contribution in [2.75, 3.05) is 67.1 Å². The smallest absolute Gasteiger partial charge is 0.488 e. The van der Waals surface area contributed by atoms with E-state index < -0.39 is 38.8 Å². The van der Waals surface area contributed by atoms with E-state index in [1.54, 1.807) is 33.3 Å². The molecule has 0 unspecified atom stereocenters. The van der Waals surface area contributed by atoms with Crippen LogP contribution in [0.15, 0.2) is 453 Å². The third-order valence-electron chi connectivity index (χ3n) is 21.0. The molecule has 1 aliphatic rings. The zero-order valence-electron chi connectivity index (χ0n) is 78.9. The Morgan fingerprint density at radius 2 is 0.526 bits per heavy atom. The summed E-state index contributed by atoms with van der Waals surface area (Å²) in [4.78, 5) is 22.2. The Balaban J connectivity index is 0.000000178. The molecule has 4 N–H and O–H groups in total. The number of halogens is 1. The number of rotatable bonds is 28. The first-order valence-corrected chi connectivity index (χ1v) is 51.3. The largest absolute Gasteiger partial charge is 0.496 e. The van der Waals surface area contributed by atoms with Gasteiger partial charge >= 0.3 is 7.12 Å². The van der Waals surface area contributed by atoms with Crippen LogP contribution < -0.4 is 78.6 Å². The standard InChI is InChI=1S/C21H26O4.4C18H15P.C13H19BrO3.C8H9BO3.C4H8O2.Pd/c1-15(23)16-5-7-17(8-6-16)18-9-10-20(24-4)19(11-18)12-25-14-21(2,3)13-22;4*1-4-10-16(11-5-1)19(17-12-6-2-7-13-17)18-14-8-3-9-15-18;1-13(2,8-15)9-17-7-10-6-11(14)4-5-12(10)16-3;1-6(10)7-2-4-8(5-3-7)9(11)12;1-2-6-4-3-5-1;/h5-11,22H,12-14H2,1-4H3;4*1-15H;4-6,15H,7-9H2,1-3H3;2-5,11-12H,1H3;1-4H2;. The van der Waals surface area contributed by atoms with Crippen molar-refractivity contribution in [1.29, 1.82) is 0 Å². The van der Waals surface area contributed by atoms with Crippen LogP contribution in [-0.2, 0) is 52.6 Å². The summed E-state index contributed by atoms with van der Waals surface area (Å²) >= 11 is 3.42. The third kappa shape index (κ3) is 37.4. The van der Waals surface area contributed by atoms with E-state index in [1.165, 1.54) is 82.7 Å². The van der Waals surface area contributed by atoms with Gasteiger partial charge in [-0.3, -0.25) is 9.59 Å². The van der Waals surface area contributed by atoms with Gasteiger partial charge in [0.25, 0.3) is 0 Å². The Morgan fingerprint density at radius 1 is 0.314 bits per heavy atom. The van der Waals surface area contributed by atoms with Crippen molar-refractivity contribution in [3.8, 4) is 22.6 Å². The van der Waals surface area contributed by atoms with Crippen LogP contribution in [0.4, 0.5) is 0 Å². The molecule has 1 saturated heterocycles. The minimum absolute atomic E-state index is 0. The summed E-state index contributed by atoms with van der Waals surface area (Å²) in [6.07, 6.45) is 0. The Kier molecular flexibility index (Phi) is 48.6. The van der Waals surface area contributed by atoms with Crippen molar-refractivity contribution in [1.82, 2.24) is 0 Å². The number of carbonyl (C=O) groups excluding carboxylic acids is 2. The zero-order chi connectivity index (χ0) is 96.4. The molecule has 19 heteroatoms. The quantitative estimate of drug-likeness (QED) is 0.0208. The normalized spacial score (nSPS) is 11.3. The number of carbonyl (C=O) groups is 2. The van der Waals surface area contributed by atoms with Gasteiger partial charge in [0.15, 0.2) is 11.6 Å². The Bertz CT molecular complexity index is 5150. The first-order chi connectivity index (χ1) is 66.2. The van der Waals surface area contributed by atoms with Crippen LogP contribution in [0, 0.1) is 10.8 Å². The summed E-state index contributed by atoms with van der Waals surface area (Å²) in [5, 5.41) is 52.7. The number of methoxy groups -OCH3 is 2. The summed E-state index contributed by atoms with van der Waals surface area (Å²) < 4.78 is 33.0. The molecule has 0 aliphatic carbocycles. The second-order valence-electron chi connectivity index (χ2n) is 32.9. The molecule has 0 atom stereocenters. The van der Waals surface area contributed by atoms with E-state index in [1.807, 2.05) is 88.4 Å². The third-order valence-corrected chi connectivity index (χ3v) is 31.3. The Morgan fingerprint density at radius 3 is 0.730 bits per heavy atom. The summed E-state index contributed by atoms with van der Waals surface area (Å²) in [7, 11) is 0.0294. The van der Waals surface area contributed by atoms with Gasteiger partial charge in [-0.05, 0) is 156 Å². The monoisotopic (exact) mass is 2050 g/mol. The van der Waals surface area contributed by atoms with Crippen molar-refractivity contribution in [2.24, 2.45) is 10.8 Å². The zero-order valence-corrected chi connectivity index (χ0v) is 85.6. The van der Waals surface area contributed by atoms with Crippen molar-refractivity contribution < 1.29 is 78.7 Å². The van der Waals surface area contributed by atoms with Crippen molar-refractivity contribution in [3.63, 3.8) is 0 Å². The topological polar surface area (TPSA) is 170 Å². The number of ketones is 2. The molecule has 706 valence electrons. The molecule has 1 heterocycles. The van der Waals surface area contributed by atoms with E-state index in [0.717, 1.165) is 64.7 Å². The number of hydrogen-bond acceptors (Lipinski definition) is 12. The van der Waals surface area contributed by atoms with Crippen LogP contribution in [0.5, 0.6) is 11.5 Å². The molecule has 0 saturated carbocycles. The number of aliphatic hydroxyl groups is 2. The van der Waals surface area contributed by atoms with Gasteiger partial charge in [-0.1, -0.05) is 462 Å². The molecule has 16 aromatic carbocycles. The summed E-state index contributed by atoms with van der Waals surface area (Å²) in [5.41, 5.74) is 5.19. The summed E-state index contributed by atoms with van der Waals surface area (Å²) in [6, 6.07) is 155. The molecule has 16 aromatic rings. The molecular formula is C118H122BBrO12P4Pd. The van der Waals surface area contributed by atoms with Gasteiger partial charge in [0.2, 0.25) is 0 Å². The Labute approximate surface area is 838 Å². The van der Waals surface area contributed by atoms with Crippen LogP contribution >= 0.6 is 47.6 Å². The minimum atomic E-state index is -1.47. The molecular weight excluding hydrogens is 1930 g/mol. The number of benzene rings is 16. The van der Waals surface area contributed by atoms with Crippen molar-refractivity contribution in [3.05, 3.63) is 476 Å². The van der Waals surface area contributed by atoms with Gasteiger partial charge in [-0.15, -0.1) is 0 Å². The molecule has 0 radical (unpaired) electrons. The Hall–Kier alpha value is -10.9. The minimum Gasteiger partial charge on any atom is -0.496 e. The predicted molar refractivity (Wildman–Crippen MR) is 579 cm³/mol. The van der Waals surface area contributed by atoms with E-state index in [9.17, 15) is 14.7 Å². The SMILES string of the molecule is C1COCCO1.CC(=O)c1ccc(B(O)O)cc1.COc1ccc(-c2ccc(C(C)=O)cc2)cc1COCC(C)(C)CO.COc1ccc(Br)cc1COCC(C)(C)CO.[Pd].c1ccc(P(c2ccccc2)c2ccccc2)cc1.c1ccc(P(c2ccccc2)c2ccccc2)cc1.c1ccc(P(c2ccccc2)c2ccccc2)cc1.c1ccc(P(c2ccccc2)c2ccccc2)cc1. The summed E-state index contributed by atoms with van der Waals surface area (Å²) in [6.45, 7) is 16.0. The van der Waals surface area contributed by atoms with E-state index in [0.29, 0.717) is 43.0 Å².